The zero-order valence-electron chi connectivity index (χ0n) is 12.4. The van der Waals surface area contributed by atoms with Crippen molar-refractivity contribution in [3.05, 3.63) is 27.5 Å². The number of esters is 1. The van der Waals surface area contributed by atoms with Gasteiger partial charge in [0.25, 0.3) is 5.91 Å². The molecule has 120 valence electrons. The fourth-order valence-corrected chi connectivity index (χ4v) is 3.59. The minimum absolute atomic E-state index is 0.147. The van der Waals surface area contributed by atoms with E-state index in [1.54, 1.807) is 18.7 Å². The maximum absolute atomic E-state index is 12.8. The van der Waals surface area contributed by atoms with Crippen LogP contribution in [-0.2, 0) is 9.53 Å². The van der Waals surface area contributed by atoms with Crippen LogP contribution in [0.5, 0.6) is 0 Å². The van der Waals surface area contributed by atoms with Crippen LogP contribution in [0.4, 0.5) is 0 Å². The van der Waals surface area contributed by atoms with Crippen molar-refractivity contribution in [2.75, 3.05) is 19.9 Å². The molecule has 1 saturated heterocycles. The Morgan fingerprint density at radius 1 is 1.45 bits per heavy atom. The van der Waals surface area contributed by atoms with Crippen molar-refractivity contribution in [2.24, 2.45) is 0 Å². The molecule has 1 fully saturated rings. The molecule has 1 amide bonds. The van der Waals surface area contributed by atoms with Gasteiger partial charge in [-0.1, -0.05) is 23.2 Å². The average molecular weight is 363 g/mol. The Labute approximate surface area is 143 Å². The van der Waals surface area contributed by atoms with E-state index in [1.807, 2.05) is 6.26 Å². The molecule has 1 aromatic heterocycles. The summed E-state index contributed by atoms with van der Waals surface area (Å²) in [7, 11) is 1.32. The Balaban J connectivity index is 2.36. The van der Waals surface area contributed by atoms with Gasteiger partial charge in [0.1, 0.15) is 16.3 Å². The van der Waals surface area contributed by atoms with Gasteiger partial charge in [-0.2, -0.15) is 11.8 Å². The molecule has 0 saturated carbocycles. The molecule has 0 N–H and O–H groups in total. The van der Waals surface area contributed by atoms with Gasteiger partial charge < -0.3 is 9.64 Å². The van der Waals surface area contributed by atoms with Crippen LogP contribution in [0.15, 0.2) is 6.07 Å². The largest absolute Gasteiger partial charge is 0.467 e. The van der Waals surface area contributed by atoms with Crippen molar-refractivity contribution >= 4 is 46.8 Å². The lowest BCUT2D eigenvalue weighted by Crippen LogP contribution is -2.41. The number of ether oxygens (including phenoxy) is 1. The fraction of sp³-hybridized carbons (Fsp3) is 0.500. The van der Waals surface area contributed by atoms with Crippen LogP contribution in [0.3, 0.4) is 0 Å². The molecular formula is C14H16Cl2N2O3S. The molecule has 1 aliphatic rings. The molecule has 0 spiro atoms. The molecule has 0 unspecified atom stereocenters. The van der Waals surface area contributed by atoms with Crippen molar-refractivity contribution < 1.29 is 14.3 Å². The summed E-state index contributed by atoms with van der Waals surface area (Å²) in [5, 5.41) is 0.529. The number of carbonyl (C=O) groups excluding carboxylic acids is 2. The van der Waals surface area contributed by atoms with Crippen LogP contribution in [0.25, 0.3) is 0 Å². The summed E-state index contributed by atoms with van der Waals surface area (Å²) in [4.78, 5) is 30.2. The highest BCUT2D eigenvalue weighted by Crippen LogP contribution is 2.30. The Bertz CT molecular complexity index is 612. The molecule has 2 heterocycles. The molecule has 0 aliphatic carbocycles. The number of amides is 1. The summed E-state index contributed by atoms with van der Waals surface area (Å²) < 4.78 is 4.81. The van der Waals surface area contributed by atoms with E-state index in [-0.39, 0.29) is 21.5 Å². The van der Waals surface area contributed by atoms with Crippen LogP contribution in [0, 0.1) is 6.92 Å². The van der Waals surface area contributed by atoms with Crippen LogP contribution >= 0.6 is 35.0 Å². The topological polar surface area (TPSA) is 59.5 Å². The van der Waals surface area contributed by atoms with Crippen molar-refractivity contribution in [2.45, 2.75) is 24.6 Å². The van der Waals surface area contributed by atoms with Gasteiger partial charge in [0.15, 0.2) is 0 Å². The summed E-state index contributed by atoms with van der Waals surface area (Å²) in [6, 6.07) is 0.895. The Kier molecular flexibility index (Phi) is 5.58. The highest BCUT2D eigenvalue weighted by atomic mass is 35.5. The number of rotatable bonds is 3. The first-order valence-corrected chi connectivity index (χ1v) is 8.67. The van der Waals surface area contributed by atoms with Gasteiger partial charge in [0.2, 0.25) is 0 Å². The molecule has 2 rings (SSSR count). The molecule has 0 aromatic carbocycles. The van der Waals surface area contributed by atoms with Gasteiger partial charge in [0.05, 0.1) is 7.11 Å². The lowest BCUT2D eigenvalue weighted by molar-refractivity contribution is -0.145. The standard InChI is InChI=1S/C14H16Cl2N2O3S/c1-7-9(5-11(15)17-12(7)16)13(19)18-6-8(22-3)4-10(18)14(20)21-2/h5,8,10H,4,6H2,1-3H3/t8-,10+/m1/s1. The molecule has 8 heteroatoms. The maximum Gasteiger partial charge on any atom is 0.328 e. The highest BCUT2D eigenvalue weighted by Gasteiger charge is 2.40. The maximum atomic E-state index is 12.8. The van der Waals surface area contributed by atoms with Crippen molar-refractivity contribution in [3.63, 3.8) is 0 Å². The predicted octanol–water partition coefficient (Wildman–Crippen LogP) is 2.82. The normalized spacial score (nSPS) is 21.0. The lowest BCUT2D eigenvalue weighted by atomic mass is 10.1. The SMILES string of the molecule is COC(=O)[C@@H]1C[C@@H](SC)CN1C(=O)c1cc(Cl)nc(Cl)c1C. The second kappa shape index (κ2) is 7.06. The van der Waals surface area contributed by atoms with Crippen LogP contribution in [0.1, 0.15) is 22.3 Å². The predicted molar refractivity (Wildman–Crippen MR) is 87.8 cm³/mol. The van der Waals surface area contributed by atoms with Gasteiger partial charge in [0, 0.05) is 17.4 Å². The number of thioether (sulfide) groups is 1. The van der Waals surface area contributed by atoms with Gasteiger partial charge in [-0.05, 0) is 31.2 Å². The van der Waals surface area contributed by atoms with Gasteiger partial charge in [-0.25, -0.2) is 9.78 Å². The van der Waals surface area contributed by atoms with E-state index in [0.717, 1.165) is 0 Å². The van der Waals surface area contributed by atoms with Gasteiger partial charge in [-0.3, -0.25) is 4.79 Å². The number of halogens is 2. The third-order valence-electron chi connectivity index (χ3n) is 3.74. The van der Waals surface area contributed by atoms with Crippen molar-refractivity contribution in [1.82, 2.24) is 9.88 Å². The molecule has 5 nitrogen and oxygen atoms in total. The lowest BCUT2D eigenvalue weighted by Gasteiger charge is -2.23. The second-order valence-electron chi connectivity index (χ2n) is 5.00. The molecule has 0 bridgehead atoms. The van der Waals surface area contributed by atoms with E-state index in [2.05, 4.69) is 4.98 Å². The number of nitrogens with zero attached hydrogens (tertiary/aromatic N) is 2. The smallest absolute Gasteiger partial charge is 0.328 e. The number of carbonyl (C=O) groups is 2. The van der Waals surface area contributed by atoms with Crippen LogP contribution in [-0.4, -0.2) is 53.0 Å². The summed E-state index contributed by atoms with van der Waals surface area (Å²) >= 11 is 13.5. The van der Waals surface area contributed by atoms with Crippen molar-refractivity contribution in [3.8, 4) is 0 Å². The number of hydrogen-bond acceptors (Lipinski definition) is 5. The third kappa shape index (κ3) is 3.34. The zero-order chi connectivity index (χ0) is 16.4. The summed E-state index contributed by atoms with van der Waals surface area (Å²) in [5.74, 6) is -0.690. The van der Waals surface area contributed by atoms with E-state index in [4.69, 9.17) is 27.9 Å². The van der Waals surface area contributed by atoms with E-state index in [0.29, 0.717) is 24.1 Å². The number of methoxy groups -OCH3 is 1. The molecule has 1 aliphatic heterocycles. The molecule has 22 heavy (non-hydrogen) atoms. The minimum Gasteiger partial charge on any atom is -0.467 e. The third-order valence-corrected chi connectivity index (χ3v) is 5.31. The minimum atomic E-state index is -0.583. The molecule has 1 aromatic rings. The summed E-state index contributed by atoms with van der Waals surface area (Å²) in [6.07, 6.45) is 2.53. The Morgan fingerprint density at radius 2 is 2.14 bits per heavy atom. The number of hydrogen-bond donors (Lipinski definition) is 0. The number of pyridine rings is 1. The van der Waals surface area contributed by atoms with E-state index < -0.39 is 12.0 Å². The van der Waals surface area contributed by atoms with Crippen LogP contribution in [0.2, 0.25) is 10.3 Å². The van der Waals surface area contributed by atoms with E-state index >= 15 is 0 Å². The number of aromatic nitrogens is 1. The monoisotopic (exact) mass is 362 g/mol. The quantitative estimate of drug-likeness (QED) is 0.611. The van der Waals surface area contributed by atoms with Crippen molar-refractivity contribution in [1.29, 1.82) is 0 Å². The van der Waals surface area contributed by atoms with E-state index in [9.17, 15) is 9.59 Å². The first kappa shape index (κ1) is 17.4. The molecular weight excluding hydrogens is 347 g/mol. The molecule has 2 atom stereocenters. The highest BCUT2D eigenvalue weighted by molar-refractivity contribution is 7.99. The number of likely N-dealkylation sites (tertiary alicyclic amines) is 1. The second-order valence-corrected chi connectivity index (χ2v) is 6.88. The van der Waals surface area contributed by atoms with Gasteiger partial charge in [-0.15, -0.1) is 0 Å². The first-order chi connectivity index (χ1) is 10.4. The first-order valence-electron chi connectivity index (χ1n) is 6.63. The Hall–Kier alpha value is -0.980. The zero-order valence-corrected chi connectivity index (χ0v) is 14.8. The average Bonchev–Trinajstić information content (AvgIpc) is 2.93. The van der Waals surface area contributed by atoms with E-state index in [1.165, 1.54) is 18.1 Å². The van der Waals surface area contributed by atoms with Crippen LogP contribution < -0.4 is 0 Å². The summed E-state index contributed by atoms with van der Waals surface area (Å²) in [6.45, 7) is 2.19. The fourth-order valence-electron chi connectivity index (χ4n) is 2.48. The Morgan fingerprint density at radius 3 is 2.73 bits per heavy atom. The summed E-state index contributed by atoms with van der Waals surface area (Å²) in [5.41, 5.74) is 0.910. The molecule has 0 radical (unpaired) electrons. The van der Waals surface area contributed by atoms with Gasteiger partial charge >= 0.3 is 5.97 Å².